The first-order chi connectivity index (χ1) is 28.5. The molecule has 1 aromatic heterocycles. The van der Waals surface area contributed by atoms with E-state index in [1.54, 1.807) is 11.0 Å². The molecule has 2 fully saturated rings. The Balaban J connectivity index is 0.804. The van der Waals surface area contributed by atoms with Gasteiger partial charge in [0.1, 0.15) is 11.0 Å². The lowest BCUT2D eigenvalue weighted by Gasteiger charge is -2.29. The van der Waals surface area contributed by atoms with E-state index >= 15 is 0 Å². The molecule has 2 aliphatic heterocycles. The van der Waals surface area contributed by atoms with Crippen LogP contribution in [0.15, 0.2) is 66.9 Å². The molecule has 3 aromatic carbocycles. The quantitative estimate of drug-likeness (QED) is 0.0467. The Morgan fingerprint density at radius 1 is 0.915 bits per heavy atom. The van der Waals surface area contributed by atoms with Gasteiger partial charge in [-0.15, -0.1) is 0 Å². The van der Waals surface area contributed by atoms with Crippen molar-refractivity contribution in [3.63, 3.8) is 0 Å². The summed E-state index contributed by atoms with van der Waals surface area (Å²) in [6.07, 6.45) is 5.52. The van der Waals surface area contributed by atoms with Gasteiger partial charge in [0.15, 0.2) is 0 Å². The number of nitrogens with zero attached hydrogens (tertiary/aromatic N) is 2. The Morgan fingerprint density at radius 3 is 2.46 bits per heavy atom. The first-order valence-corrected chi connectivity index (χ1v) is 20.8. The summed E-state index contributed by atoms with van der Waals surface area (Å²) in [5.41, 5.74) is 12.3. The summed E-state index contributed by atoms with van der Waals surface area (Å²) in [5, 5.41) is 9.67. The van der Waals surface area contributed by atoms with Gasteiger partial charge >= 0.3 is 0 Å². The van der Waals surface area contributed by atoms with E-state index in [2.05, 4.69) is 20.5 Å². The monoisotopic (exact) mass is 828 g/mol. The topological polar surface area (TPSA) is 157 Å². The van der Waals surface area contributed by atoms with Crippen molar-refractivity contribution in [2.45, 2.75) is 88.8 Å². The molecular weight excluding hydrogens is 779 g/mol. The van der Waals surface area contributed by atoms with Crippen LogP contribution in [0.5, 0.6) is 0 Å². The van der Waals surface area contributed by atoms with Crippen LogP contribution in [-0.4, -0.2) is 83.0 Å². The summed E-state index contributed by atoms with van der Waals surface area (Å²) in [6.45, 7) is 2.87. The molecule has 12 nitrogen and oxygen atoms in total. The summed E-state index contributed by atoms with van der Waals surface area (Å²) < 4.78 is 41.7. The molecular formula is C44H50F2N6O6S. The van der Waals surface area contributed by atoms with Crippen LogP contribution in [0.3, 0.4) is 0 Å². The van der Waals surface area contributed by atoms with E-state index in [0.29, 0.717) is 74.8 Å². The number of anilines is 2. The lowest BCUT2D eigenvalue weighted by atomic mass is 9.92. The highest BCUT2D eigenvalue weighted by molar-refractivity contribution is 7.80. The number of nitrogens with one attached hydrogen (secondary N) is 3. The van der Waals surface area contributed by atoms with Gasteiger partial charge in [-0.3, -0.25) is 24.5 Å². The molecule has 5 N–H and O–H groups in total. The van der Waals surface area contributed by atoms with Crippen molar-refractivity contribution in [3.8, 4) is 11.1 Å². The van der Waals surface area contributed by atoms with Crippen LogP contribution < -0.4 is 21.7 Å². The Bertz CT molecular complexity index is 2220. The van der Waals surface area contributed by atoms with Crippen molar-refractivity contribution >= 4 is 63.1 Å². The molecule has 1 saturated carbocycles. The van der Waals surface area contributed by atoms with Crippen LogP contribution in [0.4, 0.5) is 20.2 Å². The van der Waals surface area contributed by atoms with E-state index in [4.69, 9.17) is 27.4 Å². The Labute approximate surface area is 347 Å². The zero-order valence-electron chi connectivity index (χ0n) is 32.9. The number of piperidine rings is 1. The number of aromatic nitrogens is 1. The molecule has 4 amide bonds. The second-order valence-corrected chi connectivity index (χ2v) is 15.9. The fourth-order valence-corrected chi connectivity index (χ4v) is 8.29. The van der Waals surface area contributed by atoms with Crippen molar-refractivity contribution in [1.82, 2.24) is 14.8 Å². The number of hydrogen-bond acceptors (Lipinski definition) is 8. The number of imide groups is 1. The number of fused-ring (bicyclic) bond motifs is 2. The van der Waals surface area contributed by atoms with Crippen molar-refractivity contribution in [2.75, 3.05) is 43.6 Å². The third-order valence-electron chi connectivity index (χ3n) is 11.3. The summed E-state index contributed by atoms with van der Waals surface area (Å²) in [6, 6.07) is 18.2. The second-order valence-electron chi connectivity index (χ2n) is 15.5. The summed E-state index contributed by atoms with van der Waals surface area (Å²) in [7, 11) is 0. The number of rotatable bonds is 18. The molecule has 0 radical (unpaired) electrons. The van der Waals surface area contributed by atoms with E-state index in [0.717, 1.165) is 51.7 Å². The molecule has 312 valence electrons. The number of hydrogen-bond donors (Lipinski definition) is 4. The minimum Gasteiger partial charge on any atom is -0.389 e. The standard InChI is InChI=1S/C44H50F2N6O6S/c45-44(46)17-14-31(15-18-44)51-26-34(28-6-3-7-29(24-28)41(47)59)32-11-10-30(25-38(32)51)49-40(54)16-23-58-22-5-21-57-20-2-1-19-48-36-9-4-8-33-35(36)27-52(43(33)56)37-12-13-39(53)50-42(37)55/h3-4,6-11,24-26,31,37,48H,1-2,5,12-23,27H2,(H2,47,59)(H,49,54)(H,50,53,55). The molecule has 0 spiro atoms. The summed E-state index contributed by atoms with van der Waals surface area (Å²) in [5.74, 6) is -3.76. The first kappa shape index (κ1) is 41.9. The number of carbonyl (C=O) groups excluding carboxylic acids is 4. The minimum absolute atomic E-state index is 0.0946. The van der Waals surface area contributed by atoms with Gasteiger partial charge < -0.3 is 35.3 Å². The molecule has 1 saturated heterocycles. The number of halogens is 2. The van der Waals surface area contributed by atoms with Crippen molar-refractivity contribution in [1.29, 1.82) is 0 Å². The molecule has 3 aliphatic rings. The predicted molar refractivity (Wildman–Crippen MR) is 225 cm³/mol. The highest BCUT2D eigenvalue weighted by Crippen LogP contribution is 2.42. The van der Waals surface area contributed by atoms with Crippen LogP contribution in [0.1, 0.15) is 91.7 Å². The third-order valence-corrected chi connectivity index (χ3v) is 11.6. The zero-order chi connectivity index (χ0) is 41.5. The van der Waals surface area contributed by atoms with Gasteiger partial charge in [-0.2, -0.15) is 0 Å². The summed E-state index contributed by atoms with van der Waals surface area (Å²) >= 11 is 5.20. The third kappa shape index (κ3) is 10.1. The van der Waals surface area contributed by atoms with Gasteiger partial charge in [0, 0.05) is 103 Å². The molecule has 0 bridgehead atoms. The SMILES string of the molecule is NC(=S)c1cccc(-c2cn(C3CCC(F)(F)CC3)c3cc(NC(=O)CCOCCCOCCCCNc4cccc5c4CN(C4CCC(=O)NC4=O)C5=O)ccc23)c1. The van der Waals surface area contributed by atoms with Crippen LogP contribution >= 0.6 is 12.2 Å². The van der Waals surface area contributed by atoms with Crippen molar-refractivity contribution in [2.24, 2.45) is 5.73 Å². The highest BCUT2D eigenvalue weighted by atomic mass is 32.1. The highest BCUT2D eigenvalue weighted by Gasteiger charge is 2.40. The zero-order valence-corrected chi connectivity index (χ0v) is 33.7. The van der Waals surface area contributed by atoms with Crippen LogP contribution in [0.2, 0.25) is 0 Å². The molecule has 7 rings (SSSR count). The van der Waals surface area contributed by atoms with Gasteiger partial charge in [-0.05, 0) is 74.4 Å². The number of amides is 4. The first-order valence-electron chi connectivity index (χ1n) is 20.4. The Kier molecular flexibility index (Phi) is 13.3. The van der Waals surface area contributed by atoms with Gasteiger partial charge in [-0.1, -0.05) is 42.5 Å². The molecule has 15 heteroatoms. The van der Waals surface area contributed by atoms with Gasteiger partial charge in [0.05, 0.1) is 18.5 Å². The Hall–Kier alpha value is -5.25. The van der Waals surface area contributed by atoms with Crippen molar-refractivity contribution < 1.29 is 37.4 Å². The number of alkyl halides is 2. The molecule has 1 aliphatic carbocycles. The van der Waals surface area contributed by atoms with E-state index in [1.165, 1.54) is 0 Å². The number of ether oxygens (including phenoxy) is 2. The molecule has 1 atom stereocenters. The number of thiocarbonyl (C=S) groups is 1. The van der Waals surface area contributed by atoms with Gasteiger partial charge in [-0.25, -0.2) is 8.78 Å². The van der Waals surface area contributed by atoms with Gasteiger partial charge in [0.2, 0.25) is 23.6 Å². The largest absolute Gasteiger partial charge is 0.389 e. The lowest BCUT2D eigenvalue weighted by Crippen LogP contribution is -2.52. The smallest absolute Gasteiger partial charge is 0.255 e. The molecule has 59 heavy (non-hydrogen) atoms. The molecule has 1 unspecified atom stereocenters. The molecule has 4 aromatic rings. The van der Waals surface area contributed by atoms with Crippen LogP contribution in [0.25, 0.3) is 22.0 Å². The maximum Gasteiger partial charge on any atom is 0.255 e. The minimum atomic E-state index is -2.65. The molecule has 3 heterocycles. The maximum atomic E-state index is 14.1. The average molecular weight is 829 g/mol. The summed E-state index contributed by atoms with van der Waals surface area (Å²) in [4.78, 5) is 51.7. The van der Waals surface area contributed by atoms with E-state index in [-0.39, 0.29) is 56.1 Å². The number of benzene rings is 3. The van der Waals surface area contributed by atoms with Gasteiger partial charge in [0.25, 0.3) is 5.91 Å². The van der Waals surface area contributed by atoms with E-state index in [9.17, 15) is 28.0 Å². The Morgan fingerprint density at radius 2 is 1.68 bits per heavy atom. The van der Waals surface area contributed by atoms with Crippen LogP contribution in [-0.2, 0) is 30.4 Å². The normalized spacial score (nSPS) is 17.9. The van der Waals surface area contributed by atoms with E-state index < -0.39 is 17.9 Å². The fraction of sp³-hybridized carbons (Fsp3) is 0.432. The van der Waals surface area contributed by atoms with Crippen molar-refractivity contribution in [3.05, 3.63) is 83.6 Å². The number of nitrogens with two attached hydrogens (primary N) is 1. The van der Waals surface area contributed by atoms with Crippen LogP contribution in [0, 0.1) is 0 Å². The lowest BCUT2D eigenvalue weighted by molar-refractivity contribution is -0.137. The number of unbranched alkanes of at least 4 members (excludes halogenated alkanes) is 1. The number of carbonyl (C=O) groups is 4. The fourth-order valence-electron chi connectivity index (χ4n) is 8.16. The van der Waals surface area contributed by atoms with E-state index in [1.807, 2.05) is 60.8 Å². The maximum absolute atomic E-state index is 14.1. The average Bonchev–Trinajstić information content (AvgIpc) is 3.76. The predicted octanol–water partition coefficient (Wildman–Crippen LogP) is 7.10. The second kappa shape index (κ2) is 18.8.